The van der Waals surface area contributed by atoms with Crippen molar-refractivity contribution in [1.29, 1.82) is 0 Å². The Kier molecular flexibility index (Phi) is 6.93. The van der Waals surface area contributed by atoms with Gasteiger partial charge in [0.15, 0.2) is 0 Å². The normalized spacial score (nSPS) is 12.9. The SMILES string of the molecule is O=C(/C=C/c1cccc(C(F)(F)F)c1)Nc1ccc(S(=O)(=O)NCC(F)(F)F)cc1. The Hall–Kier alpha value is -2.86. The Labute approximate surface area is 167 Å². The van der Waals surface area contributed by atoms with E-state index in [1.165, 1.54) is 16.9 Å². The molecule has 0 aliphatic rings. The molecule has 0 unspecified atom stereocenters. The maximum absolute atomic E-state index is 12.7. The van der Waals surface area contributed by atoms with Crippen LogP contribution in [0.1, 0.15) is 11.1 Å². The zero-order valence-electron chi connectivity index (χ0n) is 14.9. The molecule has 2 aromatic carbocycles. The molecule has 0 heterocycles. The first kappa shape index (κ1) is 23.4. The summed E-state index contributed by atoms with van der Waals surface area (Å²) in [6.07, 6.45) is -7.11. The smallest absolute Gasteiger partial charge is 0.323 e. The fourth-order valence-corrected chi connectivity index (χ4v) is 3.17. The zero-order valence-corrected chi connectivity index (χ0v) is 15.7. The first-order chi connectivity index (χ1) is 13.8. The third-order valence-electron chi connectivity index (χ3n) is 3.54. The molecular formula is C18H14F6N2O3S. The molecule has 30 heavy (non-hydrogen) atoms. The topological polar surface area (TPSA) is 75.3 Å². The summed E-state index contributed by atoms with van der Waals surface area (Å²) >= 11 is 0. The van der Waals surface area contributed by atoms with Crippen LogP contribution in [0.15, 0.2) is 59.5 Å². The van der Waals surface area contributed by atoms with Crippen molar-refractivity contribution in [2.75, 3.05) is 11.9 Å². The summed E-state index contributed by atoms with van der Waals surface area (Å²) in [6.45, 7) is -1.73. The van der Waals surface area contributed by atoms with E-state index in [1.54, 1.807) is 0 Å². The van der Waals surface area contributed by atoms with Gasteiger partial charge in [-0.2, -0.15) is 26.3 Å². The minimum atomic E-state index is -4.72. The number of benzene rings is 2. The molecule has 0 aromatic heterocycles. The van der Waals surface area contributed by atoms with Crippen LogP contribution in [0.25, 0.3) is 6.08 Å². The minimum Gasteiger partial charge on any atom is -0.323 e. The lowest BCUT2D eigenvalue weighted by Crippen LogP contribution is -2.33. The molecule has 5 nitrogen and oxygen atoms in total. The number of amides is 1. The van der Waals surface area contributed by atoms with Crippen LogP contribution in [0.2, 0.25) is 0 Å². The van der Waals surface area contributed by atoms with E-state index in [0.717, 1.165) is 48.6 Å². The molecular weight excluding hydrogens is 438 g/mol. The zero-order chi connectivity index (χ0) is 22.6. The lowest BCUT2D eigenvalue weighted by Gasteiger charge is -2.10. The molecule has 0 radical (unpaired) electrons. The van der Waals surface area contributed by atoms with Gasteiger partial charge in [-0.05, 0) is 48.0 Å². The van der Waals surface area contributed by atoms with Crippen molar-refractivity contribution in [3.05, 3.63) is 65.7 Å². The van der Waals surface area contributed by atoms with E-state index < -0.39 is 45.3 Å². The predicted molar refractivity (Wildman–Crippen MR) is 96.8 cm³/mol. The van der Waals surface area contributed by atoms with Crippen LogP contribution in [0.4, 0.5) is 32.0 Å². The largest absolute Gasteiger partial charge is 0.416 e. The summed E-state index contributed by atoms with van der Waals surface area (Å²) in [6, 6.07) is 8.58. The van der Waals surface area contributed by atoms with Crippen LogP contribution in [0, 0.1) is 0 Å². The van der Waals surface area contributed by atoms with Crippen LogP contribution in [-0.4, -0.2) is 27.0 Å². The third kappa shape index (κ3) is 7.19. The highest BCUT2D eigenvalue weighted by atomic mass is 32.2. The molecule has 0 spiro atoms. The minimum absolute atomic E-state index is 0.128. The average molecular weight is 452 g/mol. The summed E-state index contributed by atoms with van der Waals surface area (Å²) < 4.78 is 99.4. The molecule has 2 rings (SSSR count). The molecule has 0 bridgehead atoms. The number of rotatable bonds is 6. The van der Waals surface area contributed by atoms with Gasteiger partial charge in [-0.25, -0.2) is 13.1 Å². The Morgan fingerprint density at radius 2 is 1.60 bits per heavy atom. The fourth-order valence-electron chi connectivity index (χ4n) is 2.15. The van der Waals surface area contributed by atoms with Crippen LogP contribution in [0.5, 0.6) is 0 Å². The Bertz CT molecular complexity index is 1030. The van der Waals surface area contributed by atoms with Crippen molar-refractivity contribution < 1.29 is 39.6 Å². The van der Waals surface area contributed by atoms with E-state index in [1.807, 2.05) is 0 Å². The van der Waals surface area contributed by atoms with Crippen LogP contribution in [0.3, 0.4) is 0 Å². The quantitative estimate of drug-likeness (QED) is 0.510. The maximum atomic E-state index is 12.7. The van der Waals surface area contributed by atoms with Gasteiger partial charge in [-0.3, -0.25) is 4.79 Å². The summed E-state index contributed by atoms with van der Waals surface area (Å²) in [5, 5.41) is 2.35. The summed E-state index contributed by atoms with van der Waals surface area (Å²) in [5.74, 6) is -0.710. The van der Waals surface area contributed by atoms with Gasteiger partial charge >= 0.3 is 12.4 Å². The van der Waals surface area contributed by atoms with Gasteiger partial charge in [0.2, 0.25) is 15.9 Å². The number of hydrogen-bond acceptors (Lipinski definition) is 3. The lowest BCUT2D eigenvalue weighted by atomic mass is 10.1. The highest BCUT2D eigenvalue weighted by Gasteiger charge is 2.30. The van der Waals surface area contributed by atoms with Gasteiger partial charge < -0.3 is 5.32 Å². The molecule has 0 saturated heterocycles. The fraction of sp³-hybridized carbons (Fsp3) is 0.167. The lowest BCUT2D eigenvalue weighted by molar-refractivity contribution is -0.137. The maximum Gasteiger partial charge on any atom is 0.416 e. The molecule has 0 fully saturated rings. The second-order valence-corrected chi connectivity index (χ2v) is 7.68. The number of sulfonamides is 1. The highest BCUT2D eigenvalue weighted by Crippen LogP contribution is 2.29. The molecule has 0 atom stereocenters. The van der Waals surface area contributed by atoms with Gasteiger partial charge in [-0.1, -0.05) is 12.1 Å². The number of halogens is 6. The van der Waals surface area contributed by atoms with E-state index >= 15 is 0 Å². The predicted octanol–water partition coefficient (Wildman–Crippen LogP) is 4.20. The second kappa shape index (κ2) is 8.88. The van der Waals surface area contributed by atoms with E-state index in [2.05, 4.69) is 5.32 Å². The summed E-state index contributed by atoms with van der Waals surface area (Å²) in [5.41, 5.74) is -0.610. The first-order valence-electron chi connectivity index (χ1n) is 8.09. The van der Waals surface area contributed by atoms with Gasteiger partial charge in [0.1, 0.15) is 6.54 Å². The molecule has 2 N–H and O–H groups in total. The molecule has 2 aromatic rings. The van der Waals surface area contributed by atoms with Crippen molar-refractivity contribution in [3.8, 4) is 0 Å². The summed E-state index contributed by atoms with van der Waals surface area (Å²) in [7, 11) is -4.39. The molecule has 162 valence electrons. The number of alkyl halides is 6. The van der Waals surface area contributed by atoms with Crippen molar-refractivity contribution in [1.82, 2.24) is 4.72 Å². The second-order valence-electron chi connectivity index (χ2n) is 5.91. The average Bonchev–Trinajstić information content (AvgIpc) is 2.64. The highest BCUT2D eigenvalue weighted by molar-refractivity contribution is 7.89. The number of nitrogens with one attached hydrogen (secondary N) is 2. The monoisotopic (exact) mass is 452 g/mol. The van der Waals surface area contributed by atoms with Crippen molar-refractivity contribution >= 4 is 27.7 Å². The third-order valence-corrected chi connectivity index (χ3v) is 4.95. The van der Waals surface area contributed by atoms with Gasteiger partial charge in [0.05, 0.1) is 10.5 Å². The number of carbonyl (C=O) groups excluding carboxylic acids is 1. The molecule has 12 heteroatoms. The van der Waals surface area contributed by atoms with Crippen LogP contribution >= 0.6 is 0 Å². The number of hydrogen-bond donors (Lipinski definition) is 2. The Morgan fingerprint density at radius 3 is 2.17 bits per heavy atom. The molecule has 1 amide bonds. The van der Waals surface area contributed by atoms with Crippen molar-refractivity contribution in [3.63, 3.8) is 0 Å². The summed E-state index contributed by atoms with van der Waals surface area (Å²) in [4.78, 5) is 11.4. The van der Waals surface area contributed by atoms with Crippen molar-refractivity contribution in [2.45, 2.75) is 17.2 Å². The van der Waals surface area contributed by atoms with E-state index in [0.29, 0.717) is 0 Å². The van der Waals surface area contributed by atoms with Gasteiger partial charge in [0, 0.05) is 11.8 Å². The van der Waals surface area contributed by atoms with E-state index in [-0.39, 0.29) is 11.3 Å². The number of carbonyl (C=O) groups is 1. The van der Waals surface area contributed by atoms with E-state index in [4.69, 9.17) is 0 Å². The molecule has 0 saturated carbocycles. The van der Waals surface area contributed by atoms with Gasteiger partial charge in [0.25, 0.3) is 0 Å². The van der Waals surface area contributed by atoms with Crippen LogP contribution in [-0.2, 0) is 21.0 Å². The molecule has 0 aliphatic heterocycles. The van der Waals surface area contributed by atoms with Crippen LogP contribution < -0.4 is 10.0 Å². The number of anilines is 1. The first-order valence-corrected chi connectivity index (χ1v) is 9.57. The standard InChI is InChI=1S/C18H14F6N2O3S/c19-17(20,21)11-25-30(28,29)15-7-5-14(6-8-15)26-16(27)9-4-12-2-1-3-13(10-12)18(22,23)24/h1-10,25H,11H2,(H,26,27)/b9-4+. The van der Waals surface area contributed by atoms with E-state index in [9.17, 15) is 39.6 Å². The van der Waals surface area contributed by atoms with Gasteiger partial charge in [-0.15, -0.1) is 0 Å². The Morgan fingerprint density at radius 1 is 0.967 bits per heavy atom. The Balaban J connectivity index is 2.02. The van der Waals surface area contributed by atoms with Crippen molar-refractivity contribution in [2.24, 2.45) is 0 Å². The molecule has 0 aliphatic carbocycles.